The lowest BCUT2D eigenvalue weighted by atomic mass is 10.1. The molecule has 2 heterocycles. The predicted octanol–water partition coefficient (Wildman–Crippen LogP) is 1.59. The molecule has 0 saturated heterocycles. The molecule has 1 aliphatic heterocycles. The van der Waals surface area contributed by atoms with E-state index in [-0.39, 0.29) is 0 Å². The minimum absolute atomic E-state index is 0.442. The van der Waals surface area contributed by atoms with Gasteiger partial charge in [0.1, 0.15) is 6.33 Å². The van der Waals surface area contributed by atoms with E-state index in [4.69, 9.17) is 11.6 Å². The number of aromatic amines is 1. The number of carbonyl (C=O) groups is 1. The molecule has 1 unspecified atom stereocenters. The Morgan fingerprint density at radius 1 is 1.44 bits per heavy atom. The van der Waals surface area contributed by atoms with Crippen LogP contribution in [-0.2, 0) is 4.79 Å². The van der Waals surface area contributed by atoms with Crippen molar-refractivity contribution in [2.45, 2.75) is 16.2 Å². The second-order valence-corrected chi connectivity index (χ2v) is 5.09. The molecule has 1 aromatic heterocycles. The second-order valence-electron chi connectivity index (χ2n) is 3.65. The Morgan fingerprint density at radius 3 is 3.00 bits per heavy atom. The van der Waals surface area contributed by atoms with Crippen LogP contribution in [0.2, 0.25) is 5.02 Å². The van der Waals surface area contributed by atoms with E-state index >= 15 is 0 Å². The highest BCUT2D eigenvalue weighted by atomic mass is 35.5. The third kappa shape index (κ3) is 1.86. The van der Waals surface area contributed by atoms with Crippen molar-refractivity contribution in [1.82, 2.24) is 15.2 Å². The lowest BCUT2D eigenvalue weighted by Gasteiger charge is -2.06. The van der Waals surface area contributed by atoms with Crippen molar-refractivity contribution >= 4 is 35.0 Å². The molecule has 3 N–H and O–H groups in total. The van der Waals surface area contributed by atoms with Gasteiger partial charge < -0.3 is 10.4 Å². The Kier molecular flexibility index (Phi) is 2.73. The van der Waals surface area contributed by atoms with Crippen LogP contribution in [0.5, 0.6) is 0 Å². The number of halogens is 1. The number of hydrogen-bond acceptors (Lipinski definition) is 5. The van der Waals surface area contributed by atoms with Gasteiger partial charge in [-0.1, -0.05) is 11.6 Å². The van der Waals surface area contributed by atoms with Gasteiger partial charge in [-0.2, -0.15) is 5.10 Å². The third-order valence-corrected chi connectivity index (χ3v) is 3.88. The Morgan fingerprint density at radius 2 is 2.28 bits per heavy atom. The summed E-state index contributed by atoms with van der Waals surface area (Å²) in [6.45, 7) is 0. The number of benzene rings is 1. The number of hydrogen-bond donors (Lipinski definition) is 3. The first-order chi connectivity index (χ1) is 8.65. The van der Waals surface area contributed by atoms with E-state index in [1.807, 2.05) is 0 Å². The normalized spacial score (nSPS) is 17.7. The summed E-state index contributed by atoms with van der Waals surface area (Å²) in [6, 6.07) is 3.29. The maximum atomic E-state index is 11.3. The summed E-state index contributed by atoms with van der Waals surface area (Å²) in [5.74, 6) is -0.442. The Balaban J connectivity index is 1.98. The minimum atomic E-state index is -1.15. The lowest BCUT2D eigenvalue weighted by Crippen LogP contribution is -2.10. The van der Waals surface area contributed by atoms with E-state index in [1.54, 1.807) is 12.1 Å². The van der Waals surface area contributed by atoms with Crippen molar-refractivity contribution < 1.29 is 9.90 Å². The van der Waals surface area contributed by atoms with E-state index in [2.05, 4.69) is 20.5 Å². The fourth-order valence-corrected chi connectivity index (χ4v) is 2.70. The van der Waals surface area contributed by atoms with E-state index < -0.39 is 12.0 Å². The van der Waals surface area contributed by atoms with Crippen LogP contribution in [0.25, 0.3) is 0 Å². The summed E-state index contributed by atoms with van der Waals surface area (Å²) in [4.78, 5) is 16.0. The molecule has 0 aliphatic carbocycles. The molecular formula is C10H7ClN4O2S. The number of rotatable bonds is 2. The fourth-order valence-electron chi connectivity index (χ4n) is 1.67. The van der Waals surface area contributed by atoms with Gasteiger partial charge in [-0.15, -0.1) is 0 Å². The Hall–Kier alpha value is -1.57. The molecule has 2 aromatic rings. The van der Waals surface area contributed by atoms with Crippen molar-refractivity contribution in [2.24, 2.45) is 0 Å². The van der Waals surface area contributed by atoms with Crippen molar-refractivity contribution in [3.8, 4) is 0 Å². The molecule has 0 fully saturated rings. The summed E-state index contributed by atoms with van der Waals surface area (Å²) in [5.41, 5.74) is 1.06. The average Bonchev–Trinajstić information content (AvgIpc) is 2.92. The van der Waals surface area contributed by atoms with Crippen LogP contribution in [0.15, 0.2) is 28.5 Å². The summed E-state index contributed by atoms with van der Waals surface area (Å²) in [7, 11) is 0. The molecular weight excluding hydrogens is 276 g/mol. The third-order valence-electron chi connectivity index (χ3n) is 2.50. The van der Waals surface area contributed by atoms with Crippen LogP contribution in [0.1, 0.15) is 11.7 Å². The van der Waals surface area contributed by atoms with Gasteiger partial charge in [-0.3, -0.25) is 9.89 Å². The molecule has 0 bridgehead atoms. The molecule has 0 saturated carbocycles. The molecule has 1 amide bonds. The zero-order valence-corrected chi connectivity index (χ0v) is 10.4. The minimum Gasteiger partial charge on any atom is -0.378 e. The SMILES string of the molecule is O=C1Nc2cc(Sc3ncn[nH]3)c(Cl)cc2C1O. The summed E-state index contributed by atoms with van der Waals surface area (Å²) < 4.78 is 0. The molecule has 18 heavy (non-hydrogen) atoms. The van der Waals surface area contributed by atoms with Gasteiger partial charge in [-0.05, 0) is 23.9 Å². The van der Waals surface area contributed by atoms with Gasteiger partial charge >= 0.3 is 0 Å². The maximum Gasteiger partial charge on any atom is 0.257 e. The van der Waals surface area contributed by atoms with E-state index in [1.165, 1.54) is 18.1 Å². The van der Waals surface area contributed by atoms with Crippen molar-refractivity contribution in [3.63, 3.8) is 0 Å². The van der Waals surface area contributed by atoms with Gasteiger partial charge in [0.25, 0.3) is 5.91 Å². The highest BCUT2D eigenvalue weighted by Crippen LogP contribution is 2.40. The number of aliphatic hydroxyl groups excluding tert-OH is 1. The number of carbonyl (C=O) groups excluding carboxylic acids is 1. The number of amides is 1. The predicted molar refractivity (Wildman–Crippen MR) is 65.5 cm³/mol. The van der Waals surface area contributed by atoms with Crippen LogP contribution in [0.3, 0.4) is 0 Å². The van der Waals surface area contributed by atoms with Gasteiger partial charge in [0.15, 0.2) is 11.3 Å². The van der Waals surface area contributed by atoms with Crippen molar-refractivity contribution in [2.75, 3.05) is 5.32 Å². The number of nitrogens with zero attached hydrogens (tertiary/aromatic N) is 2. The zero-order valence-electron chi connectivity index (χ0n) is 8.85. The molecule has 1 atom stereocenters. The number of H-pyrrole nitrogens is 1. The number of aromatic nitrogens is 3. The quantitative estimate of drug-likeness (QED) is 0.778. The number of fused-ring (bicyclic) bond motifs is 1. The second kappa shape index (κ2) is 4.27. The molecule has 1 aromatic carbocycles. The Labute approximate surface area is 111 Å². The van der Waals surface area contributed by atoms with Crippen LogP contribution in [0.4, 0.5) is 5.69 Å². The molecule has 8 heteroatoms. The van der Waals surface area contributed by atoms with Gasteiger partial charge in [0.2, 0.25) is 0 Å². The van der Waals surface area contributed by atoms with E-state index in [0.717, 1.165) is 4.90 Å². The highest BCUT2D eigenvalue weighted by molar-refractivity contribution is 7.99. The molecule has 0 radical (unpaired) electrons. The topological polar surface area (TPSA) is 90.9 Å². The van der Waals surface area contributed by atoms with Crippen LogP contribution in [0, 0.1) is 0 Å². The standard InChI is InChI=1S/C10H7ClN4O2S/c11-5-1-4-6(14-9(17)8(4)16)2-7(5)18-10-12-3-13-15-10/h1-3,8,16H,(H,14,17)(H,12,13,15). The lowest BCUT2D eigenvalue weighted by molar-refractivity contribution is -0.123. The summed E-state index contributed by atoms with van der Waals surface area (Å²) in [6.07, 6.45) is 0.247. The highest BCUT2D eigenvalue weighted by Gasteiger charge is 2.29. The average molecular weight is 283 g/mol. The van der Waals surface area contributed by atoms with Crippen LogP contribution >= 0.6 is 23.4 Å². The summed E-state index contributed by atoms with van der Waals surface area (Å²) in [5, 5.41) is 19.7. The number of aliphatic hydroxyl groups is 1. The number of nitrogens with one attached hydrogen (secondary N) is 2. The Bertz CT molecular complexity index is 617. The number of anilines is 1. The molecule has 92 valence electrons. The van der Waals surface area contributed by atoms with Crippen LogP contribution in [-0.4, -0.2) is 26.2 Å². The van der Waals surface area contributed by atoms with Gasteiger partial charge in [0.05, 0.1) is 5.02 Å². The van der Waals surface area contributed by atoms with Crippen molar-refractivity contribution in [3.05, 3.63) is 29.0 Å². The monoisotopic (exact) mass is 282 g/mol. The van der Waals surface area contributed by atoms with Gasteiger partial charge in [-0.25, -0.2) is 4.98 Å². The molecule has 3 rings (SSSR count). The van der Waals surface area contributed by atoms with E-state index in [9.17, 15) is 9.90 Å². The zero-order chi connectivity index (χ0) is 12.7. The molecule has 6 nitrogen and oxygen atoms in total. The fraction of sp³-hybridized carbons (Fsp3) is 0.100. The van der Waals surface area contributed by atoms with E-state index in [0.29, 0.717) is 21.4 Å². The van der Waals surface area contributed by atoms with Crippen molar-refractivity contribution in [1.29, 1.82) is 0 Å². The first kappa shape index (κ1) is 11.5. The molecule has 0 spiro atoms. The first-order valence-electron chi connectivity index (χ1n) is 5.01. The maximum absolute atomic E-state index is 11.3. The molecule has 1 aliphatic rings. The van der Waals surface area contributed by atoms with Crippen LogP contribution < -0.4 is 5.32 Å². The smallest absolute Gasteiger partial charge is 0.257 e. The first-order valence-corrected chi connectivity index (χ1v) is 6.20. The van der Waals surface area contributed by atoms with Gasteiger partial charge in [0, 0.05) is 16.1 Å². The largest absolute Gasteiger partial charge is 0.378 e. The summed E-state index contributed by atoms with van der Waals surface area (Å²) >= 11 is 7.40.